The highest BCUT2D eigenvalue weighted by molar-refractivity contribution is 7.80. The van der Waals surface area contributed by atoms with Crippen molar-refractivity contribution >= 4 is 40.9 Å². The van der Waals surface area contributed by atoms with E-state index in [0.717, 1.165) is 17.2 Å². The Kier molecular flexibility index (Phi) is 7.29. The minimum Gasteiger partial charge on any atom is -0.496 e. The quantitative estimate of drug-likeness (QED) is 0.424. The predicted molar refractivity (Wildman–Crippen MR) is 122 cm³/mol. The zero-order valence-electron chi connectivity index (χ0n) is 17.1. The third-order valence-electron chi connectivity index (χ3n) is 4.40. The number of hydrazone groups is 1. The van der Waals surface area contributed by atoms with Gasteiger partial charge in [0.25, 0.3) is 0 Å². The molecule has 0 atom stereocenters. The van der Waals surface area contributed by atoms with E-state index in [9.17, 15) is 9.59 Å². The van der Waals surface area contributed by atoms with Crippen LogP contribution in [0.2, 0.25) is 0 Å². The van der Waals surface area contributed by atoms with Gasteiger partial charge in [-0.15, -0.1) is 0 Å². The van der Waals surface area contributed by atoms with Crippen molar-refractivity contribution in [2.45, 2.75) is 6.54 Å². The number of esters is 1. The first-order valence-corrected chi connectivity index (χ1v) is 9.80. The molecular weight excluding hydrogens is 414 g/mol. The van der Waals surface area contributed by atoms with Gasteiger partial charge in [-0.05, 0) is 36.0 Å². The second-order valence-corrected chi connectivity index (χ2v) is 6.79. The molecule has 2 aromatic rings. The van der Waals surface area contributed by atoms with Gasteiger partial charge < -0.3 is 14.8 Å². The molecule has 0 spiro atoms. The second-order valence-electron chi connectivity index (χ2n) is 6.40. The van der Waals surface area contributed by atoms with Crippen molar-refractivity contribution in [2.75, 3.05) is 14.2 Å². The number of ether oxygens (including phenoxy) is 2. The molecule has 31 heavy (non-hydrogen) atoms. The van der Waals surface area contributed by atoms with Gasteiger partial charge in [0.05, 0.1) is 20.3 Å². The zero-order valence-corrected chi connectivity index (χ0v) is 17.9. The van der Waals surface area contributed by atoms with E-state index in [0.29, 0.717) is 12.3 Å². The van der Waals surface area contributed by atoms with Crippen LogP contribution >= 0.6 is 12.2 Å². The van der Waals surface area contributed by atoms with E-state index in [1.165, 1.54) is 12.1 Å². The summed E-state index contributed by atoms with van der Waals surface area (Å²) in [6, 6.07) is 17.0. The van der Waals surface area contributed by atoms with E-state index in [1.807, 2.05) is 54.6 Å². The van der Waals surface area contributed by atoms with Gasteiger partial charge in [0.1, 0.15) is 17.2 Å². The van der Waals surface area contributed by atoms with E-state index in [-0.39, 0.29) is 16.5 Å². The van der Waals surface area contributed by atoms with Crippen LogP contribution in [0, 0.1) is 0 Å². The number of hydrogen-bond acceptors (Lipinski definition) is 6. The lowest BCUT2D eigenvalue weighted by atomic mass is 10.1. The Morgan fingerprint density at radius 2 is 1.81 bits per heavy atom. The van der Waals surface area contributed by atoms with E-state index < -0.39 is 11.8 Å². The van der Waals surface area contributed by atoms with Gasteiger partial charge in [-0.2, -0.15) is 5.10 Å². The van der Waals surface area contributed by atoms with Gasteiger partial charge in [0.15, 0.2) is 5.11 Å². The zero-order chi connectivity index (χ0) is 22.2. The van der Waals surface area contributed by atoms with Crippen LogP contribution < -0.4 is 10.1 Å². The molecule has 158 valence electrons. The maximum atomic E-state index is 12.9. The lowest BCUT2D eigenvalue weighted by Gasteiger charge is -2.17. The minimum atomic E-state index is -0.677. The van der Waals surface area contributed by atoms with E-state index in [1.54, 1.807) is 19.3 Å². The Hall–Kier alpha value is -3.78. The number of nitrogens with one attached hydrogen (secondary N) is 1. The van der Waals surface area contributed by atoms with Crippen LogP contribution in [-0.2, 0) is 20.9 Å². The number of rotatable bonds is 6. The smallest absolute Gasteiger partial charge is 0.332 e. The standard InChI is InChI=1S/C23H21N3O4S/c1-29-20-11-7-6-10-17(20)12-13-18-22(28)19(14-21(27)30-2)26(25-18)23(31)24-15-16-8-4-3-5-9-16/h3-14H,15H2,1-2H3,(H,24,31)/b13-12+,19-14+. The average Bonchev–Trinajstić information content (AvgIpc) is 3.12. The second kappa shape index (κ2) is 10.3. The number of hydrogen-bond donors (Lipinski definition) is 1. The van der Waals surface area contributed by atoms with Crippen molar-refractivity contribution in [2.24, 2.45) is 5.10 Å². The van der Waals surface area contributed by atoms with Gasteiger partial charge in [0, 0.05) is 12.1 Å². The number of Topliss-reactive ketones (excluding diaryl/α,β-unsaturated/α-hetero) is 1. The summed E-state index contributed by atoms with van der Waals surface area (Å²) in [6.07, 6.45) is 4.35. The molecule has 0 saturated heterocycles. The monoisotopic (exact) mass is 435 g/mol. The molecule has 0 radical (unpaired) electrons. The Labute approximate surface area is 185 Å². The van der Waals surface area contributed by atoms with Crippen LogP contribution in [0.25, 0.3) is 6.08 Å². The molecule has 2 aromatic carbocycles. The Morgan fingerprint density at radius 1 is 1.10 bits per heavy atom. The van der Waals surface area contributed by atoms with Crippen LogP contribution in [0.15, 0.2) is 77.5 Å². The third kappa shape index (κ3) is 5.43. The fraction of sp³-hybridized carbons (Fsp3) is 0.130. The number of benzene rings is 2. The highest BCUT2D eigenvalue weighted by Gasteiger charge is 2.32. The largest absolute Gasteiger partial charge is 0.496 e. The first kappa shape index (κ1) is 21.9. The maximum Gasteiger partial charge on any atom is 0.332 e. The van der Waals surface area contributed by atoms with Gasteiger partial charge in [0.2, 0.25) is 5.78 Å². The Bertz CT molecular complexity index is 1080. The summed E-state index contributed by atoms with van der Waals surface area (Å²) in [4.78, 5) is 24.7. The highest BCUT2D eigenvalue weighted by Crippen LogP contribution is 2.21. The normalized spacial score (nSPS) is 14.6. The summed E-state index contributed by atoms with van der Waals surface area (Å²) < 4.78 is 9.99. The molecule has 0 aliphatic carbocycles. The van der Waals surface area contributed by atoms with Crippen LogP contribution in [0.1, 0.15) is 11.1 Å². The average molecular weight is 436 g/mol. The number of allylic oxidation sites excluding steroid dienone is 2. The Balaban J connectivity index is 1.85. The van der Waals surface area contributed by atoms with E-state index in [4.69, 9.17) is 17.0 Å². The number of methoxy groups -OCH3 is 2. The Morgan fingerprint density at radius 3 is 2.52 bits per heavy atom. The number of carbonyl (C=O) groups is 2. The first-order chi connectivity index (χ1) is 15.0. The summed E-state index contributed by atoms with van der Waals surface area (Å²) in [5, 5.41) is 8.79. The number of carbonyl (C=O) groups excluding carboxylic acids is 2. The van der Waals surface area contributed by atoms with Gasteiger partial charge in [-0.3, -0.25) is 4.79 Å². The van der Waals surface area contributed by atoms with Crippen LogP contribution in [0.4, 0.5) is 0 Å². The molecule has 0 amide bonds. The summed E-state index contributed by atoms with van der Waals surface area (Å²) >= 11 is 5.42. The van der Waals surface area contributed by atoms with E-state index >= 15 is 0 Å². The lowest BCUT2D eigenvalue weighted by Crippen LogP contribution is -2.35. The topological polar surface area (TPSA) is 80.2 Å². The maximum absolute atomic E-state index is 12.9. The fourth-order valence-electron chi connectivity index (χ4n) is 2.82. The van der Waals surface area contributed by atoms with Crippen molar-refractivity contribution in [1.82, 2.24) is 10.3 Å². The van der Waals surface area contributed by atoms with Gasteiger partial charge in [-0.1, -0.05) is 48.5 Å². The molecule has 1 aliphatic rings. The van der Waals surface area contributed by atoms with Crippen LogP contribution in [0.3, 0.4) is 0 Å². The van der Waals surface area contributed by atoms with E-state index in [2.05, 4.69) is 15.2 Å². The van der Waals surface area contributed by atoms with Crippen molar-refractivity contribution in [3.63, 3.8) is 0 Å². The van der Waals surface area contributed by atoms with Crippen LogP contribution in [-0.4, -0.2) is 41.8 Å². The highest BCUT2D eigenvalue weighted by atomic mass is 32.1. The van der Waals surface area contributed by atoms with Gasteiger partial charge >= 0.3 is 5.97 Å². The number of ketones is 1. The van der Waals surface area contributed by atoms with Gasteiger partial charge in [-0.25, -0.2) is 9.80 Å². The lowest BCUT2D eigenvalue weighted by molar-refractivity contribution is -0.135. The summed E-state index contributed by atoms with van der Waals surface area (Å²) in [5.74, 6) is -0.461. The van der Waals surface area contributed by atoms with Crippen LogP contribution in [0.5, 0.6) is 5.75 Å². The number of nitrogens with zero attached hydrogens (tertiary/aromatic N) is 2. The number of para-hydroxylation sites is 1. The summed E-state index contributed by atoms with van der Waals surface area (Å²) in [5.41, 5.74) is 1.93. The molecule has 7 nitrogen and oxygen atoms in total. The van der Waals surface area contributed by atoms with Crippen molar-refractivity contribution in [3.05, 3.63) is 83.6 Å². The predicted octanol–water partition coefficient (Wildman–Crippen LogP) is 3.08. The molecule has 0 unspecified atom stereocenters. The fourth-order valence-corrected chi connectivity index (χ4v) is 3.03. The molecule has 8 heteroatoms. The first-order valence-electron chi connectivity index (χ1n) is 9.39. The molecule has 1 N–H and O–H groups in total. The SMILES string of the molecule is COC(=O)/C=C1\C(=O)C(/C=C/c2ccccc2OC)=NN1C(=S)NCc1ccccc1. The molecule has 1 aliphatic heterocycles. The molecule has 0 fully saturated rings. The molecule has 0 bridgehead atoms. The minimum absolute atomic E-state index is 0.0112. The summed E-state index contributed by atoms with van der Waals surface area (Å²) in [6.45, 7) is 0.442. The van der Waals surface area contributed by atoms with Crippen molar-refractivity contribution < 1.29 is 19.1 Å². The molecular formula is C23H21N3O4S. The third-order valence-corrected chi connectivity index (χ3v) is 4.71. The van der Waals surface area contributed by atoms with Crippen molar-refractivity contribution in [1.29, 1.82) is 0 Å². The molecule has 0 aromatic heterocycles. The summed E-state index contributed by atoms with van der Waals surface area (Å²) in [7, 11) is 2.80. The molecule has 0 saturated carbocycles. The molecule has 3 rings (SSSR count). The molecule has 1 heterocycles. The van der Waals surface area contributed by atoms with Crippen molar-refractivity contribution in [3.8, 4) is 5.75 Å². The number of thiocarbonyl (C=S) groups is 1.